The van der Waals surface area contributed by atoms with Crippen LogP contribution in [-0.4, -0.2) is 52.3 Å². The van der Waals surface area contributed by atoms with Crippen molar-refractivity contribution in [3.63, 3.8) is 0 Å². The summed E-state index contributed by atoms with van der Waals surface area (Å²) < 4.78 is 2.80. The molecule has 1 aromatic carbocycles. The van der Waals surface area contributed by atoms with Gasteiger partial charge < -0.3 is 9.80 Å². The van der Waals surface area contributed by atoms with E-state index in [4.69, 9.17) is 16.6 Å². The number of piperidine rings is 1. The minimum atomic E-state index is 0.0362. The first kappa shape index (κ1) is 19.2. The smallest absolute Gasteiger partial charge is 0.256 e. The van der Waals surface area contributed by atoms with Crippen LogP contribution in [0, 0.1) is 12.8 Å². The van der Waals surface area contributed by atoms with Crippen molar-refractivity contribution < 1.29 is 4.79 Å². The van der Waals surface area contributed by atoms with E-state index in [2.05, 4.69) is 16.9 Å². The van der Waals surface area contributed by atoms with Crippen molar-refractivity contribution in [1.29, 1.82) is 0 Å². The Morgan fingerprint density at radius 3 is 2.79 bits per heavy atom. The van der Waals surface area contributed by atoms with E-state index in [1.54, 1.807) is 28.4 Å². The molecule has 0 bridgehead atoms. The van der Waals surface area contributed by atoms with Crippen LogP contribution in [0.15, 0.2) is 24.5 Å². The van der Waals surface area contributed by atoms with E-state index in [-0.39, 0.29) is 5.91 Å². The molecule has 0 aliphatic carbocycles. The van der Waals surface area contributed by atoms with Gasteiger partial charge in [-0.3, -0.25) is 9.48 Å². The van der Waals surface area contributed by atoms with Crippen LogP contribution in [0.5, 0.6) is 0 Å². The third kappa shape index (κ3) is 3.86. The molecule has 4 rings (SSSR count). The molecule has 0 saturated carbocycles. The number of thiazole rings is 1. The first-order valence-corrected chi connectivity index (χ1v) is 10.7. The van der Waals surface area contributed by atoms with Crippen molar-refractivity contribution in [2.24, 2.45) is 13.0 Å². The second-order valence-corrected chi connectivity index (χ2v) is 9.03. The Morgan fingerprint density at radius 2 is 2.11 bits per heavy atom. The van der Waals surface area contributed by atoms with E-state index in [1.165, 1.54) is 0 Å². The Morgan fingerprint density at radius 1 is 1.36 bits per heavy atom. The number of halogens is 1. The van der Waals surface area contributed by atoms with Gasteiger partial charge in [0.25, 0.3) is 5.91 Å². The molecule has 0 N–H and O–H groups in total. The van der Waals surface area contributed by atoms with E-state index < -0.39 is 0 Å². The van der Waals surface area contributed by atoms with Gasteiger partial charge in [0.2, 0.25) is 0 Å². The van der Waals surface area contributed by atoms with E-state index in [0.717, 1.165) is 58.4 Å². The Kier molecular flexibility index (Phi) is 5.29. The molecule has 6 nitrogen and oxygen atoms in total. The minimum Gasteiger partial charge on any atom is -0.348 e. The summed E-state index contributed by atoms with van der Waals surface area (Å²) in [7, 11) is 3.70. The van der Waals surface area contributed by atoms with Crippen LogP contribution in [0.3, 0.4) is 0 Å². The summed E-state index contributed by atoms with van der Waals surface area (Å²) in [5.41, 5.74) is 2.81. The summed E-state index contributed by atoms with van der Waals surface area (Å²) in [6, 6.07) is 3.96. The molecular formula is C20H24ClN5OS. The van der Waals surface area contributed by atoms with Gasteiger partial charge in [-0.25, -0.2) is 4.98 Å². The van der Waals surface area contributed by atoms with Crippen molar-refractivity contribution >= 4 is 44.2 Å². The second kappa shape index (κ2) is 7.72. The zero-order chi connectivity index (χ0) is 19.8. The average molecular weight is 418 g/mol. The van der Waals surface area contributed by atoms with Gasteiger partial charge in [-0.05, 0) is 43.4 Å². The van der Waals surface area contributed by atoms with Crippen molar-refractivity contribution in [3.8, 4) is 0 Å². The Hall–Kier alpha value is -2.12. The lowest BCUT2D eigenvalue weighted by Crippen LogP contribution is -2.39. The first-order valence-electron chi connectivity index (χ1n) is 9.46. The molecule has 0 atom stereocenters. The molecule has 148 valence electrons. The summed E-state index contributed by atoms with van der Waals surface area (Å²) in [6.45, 7) is 4.76. The van der Waals surface area contributed by atoms with E-state index in [9.17, 15) is 4.79 Å². The maximum absolute atomic E-state index is 12.5. The van der Waals surface area contributed by atoms with Gasteiger partial charge in [0.15, 0.2) is 5.13 Å². The third-order valence-corrected chi connectivity index (χ3v) is 6.64. The molecule has 1 amide bonds. The standard InChI is InChI=1S/C20H24ClN5OS/c1-13-8-16(21)9-17-18(13)23-20(28-17)26-6-4-14(5-7-26)11-24(2)19(27)15-10-22-25(3)12-15/h8-10,12,14H,4-7,11H2,1-3H3. The molecule has 1 aliphatic heterocycles. The number of aromatic nitrogens is 3. The monoisotopic (exact) mass is 417 g/mol. The second-order valence-electron chi connectivity index (χ2n) is 7.58. The van der Waals surface area contributed by atoms with Crippen molar-refractivity contribution in [1.82, 2.24) is 19.7 Å². The highest BCUT2D eigenvalue weighted by atomic mass is 35.5. The minimum absolute atomic E-state index is 0.0362. The molecule has 3 aromatic rings. The molecule has 28 heavy (non-hydrogen) atoms. The predicted octanol–water partition coefficient (Wildman–Crippen LogP) is 3.98. The Bertz CT molecular complexity index is 1010. The molecule has 1 saturated heterocycles. The van der Waals surface area contributed by atoms with Gasteiger partial charge in [0.05, 0.1) is 22.0 Å². The first-order chi connectivity index (χ1) is 13.4. The molecule has 3 heterocycles. The van der Waals surface area contributed by atoms with Crippen LogP contribution in [0.25, 0.3) is 10.2 Å². The molecule has 2 aromatic heterocycles. The average Bonchev–Trinajstić information content (AvgIpc) is 3.28. The Labute approximate surface area is 173 Å². The fourth-order valence-electron chi connectivity index (χ4n) is 3.81. The summed E-state index contributed by atoms with van der Waals surface area (Å²) in [5.74, 6) is 0.543. The highest BCUT2D eigenvalue weighted by Gasteiger charge is 2.25. The van der Waals surface area contributed by atoms with Gasteiger partial charge in [0, 0.05) is 44.9 Å². The van der Waals surface area contributed by atoms with Gasteiger partial charge >= 0.3 is 0 Å². The number of carbonyl (C=O) groups excluding carboxylic acids is 1. The molecule has 0 radical (unpaired) electrons. The largest absolute Gasteiger partial charge is 0.348 e. The maximum atomic E-state index is 12.5. The van der Waals surface area contributed by atoms with Gasteiger partial charge in [-0.2, -0.15) is 5.10 Å². The highest BCUT2D eigenvalue weighted by Crippen LogP contribution is 2.34. The van der Waals surface area contributed by atoms with Gasteiger partial charge in [-0.15, -0.1) is 0 Å². The summed E-state index contributed by atoms with van der Waals surface area (Å²) in [4.78, 5) is 21.5. The number of hydrogen-bond acceptors (Lipinski definition) is 5. The van der Waals surface area contributed by atoms with Crippen LogP contribution >= 0.6 is 22.9 Å². The number of rotatable bonds is 4. The SMILES string of the molecule is Cc1cc(Cl)cc2sc(N3CCC(CN(C)C(=O)c4cnn(C)c4)CC3)nc12. The number of benzene rings is 1. The molecule has 1 aliphatic rings. The number of aryl methyl sites for hydroxylation is 2. The molecule has 8 heteroatoms. The van der Waals surface area contributed by atoms with Crippen molar-refractivity contribution in [2.75, 3.05) is 31.6 Å². The van der Waals surface area contributed by atoms with Crippen LogP contribution in [0.1, 0.15) is 28.8 Å². The van der Waals surface area contributed by atoms with Crippen molar-refractivity contribution in [2.45, 2.75) is 19.8 Å². The molecular weight excluding hydrogens is 394 g/mol. The van der Waals surface area contributed by atoms with Gasteiger partial charge in [0.1, 0.15) is 0 Å². The summed E-state index contributed by atoms with van der Waals surface area (Å²) in [6.07, 6.45) is 5.51. The quantitative estimate of drug-likeness (QED) is 0.644. The number of fused-ring (bicyclic) bond motifs is 1. The number of hydrogen-bond donors (Lipinski definition) is 0. The molecule has 0 spiro atoms. The van der Waals surface area contributed by atoms with Crippen molar-refractivity contribution in [3.05, 3.63) is 40.7 Å². The summed E-state index contributed by atoms with van der Waals surface area (Å²) >= 11 is 7.89. The van der Waals surface area contributed by atoms with Crippen LogP contribution < -0.4 is 4.90 Å². The van der Waals surface area contributed by atoms with Crippen LogP contribution in [0.2, 0.25) is 5.02 Å². The van der Waals surface area contributed by atoms with Crippen LogP contribution in [-0.2, 0) is 7.05 Å². The fraction of sp³-hybridized carbons (Fsp3) is 0.450. The highest BCUT2D eigenvalue weighted by molar-refractivity contribution is 7.22. The fourth-order valence-corrected chi connectivity index (χ4v) is 5.28. The third-order valence-electron chi connectivity index (χ3n) is 5.35. The Balaban J connectivity index is 1.37. The maximum Gasteiger partial charge on any atom is 0.256 e. The van der Waals surface area contributed by atoms with Crippen LogP contribution in [0.4, 0.5) is 5.13 Å². The van der Waals surface area contributed by atoms with E-state index >= 15 is 0 Å². The molecule has 0 unspecified atom stereocenters. The summed E-state index contributed by atoms with van der Waals surface area (Å²) in [5, 5.41) is 5.92. The lowest BCUT2D eigenvalue weighted by atomic mass is 9.96. The van der Waals surface area contributed by atoms with Gasteiger partial charge in [-0.1, -0.05) is 22.9 Å². The number of carbonyl (C=O) groups is 1. The zero-order valence-electron chi connectivity index (χ0n) is 16.4. The van der Waals surface area contributed by atoms with E-state index in [1.807, 2.05) is 31.1 Å². The number of anilines is 1. The number of amides is 1. The molecule has 1 fully saturated rings. The number of nitrogens with zero attached hydrogens (tertiary/aromatic N) is 5. The van der Waals surface area contributed by atoms with E-state index in [0.29, 0.717) is 11.5 Å². The topological polar surface area (TPSA) is 54.3 Å². The lowest BCUT2D eigenvalue weighted by molar-refractivity contribution is 0.0765. The predicted molar refractivity (Wildman–Crippen MR) is 114 cm³/mol. The lowest BCUT2D eigenvalue weighted by Gasteiger charge is -2.33. The zero-order valence-corrected chi connectivity index (χ0v) is 17.9. The normalized spacial score (nSPS) is 15.4.